The molecule has 1 aliphatic carbocycles. The van der Waals surface area contributed by atoms with E-state index in [0.29, 0.717) is 6.42 Å². The van der Waals surface area contributed by atoms with Gasteiger partial charge in [0.1, 0.15) is 35.2 Å². The molecule has 0 N–H and O–H groups in total. The first kappa shape index (κ1) is 12.5. The fourth-order valence-electron chi connectivity index (χ4n) is 2.50. The number of aryl methyl sites for hydroxylation is 1. The van der Waals surface area contributed by atoms with Crippen molar-refractivity contribution in [2.45, 2.75) is 25.7 Å². The number of halogens is 1. The van der Waals surface area contributed by atoms with Gasteiger partial charge < -0.3 is 0 Å². The molecular weight excluding hydrogens is 361 g/mol. The van der Waals surface area contributed by atoms with E-state index in [0.717, 1.165) is 30.3 Å². The van der Waals surface area contributed by atoms with Crippen LogP contribution in [0.5, 0.6) is 0 Å². The van der Waals surface area contributed by atoms with E-state index in [2.05, 4.69) is 12.1 Å². The van der Waals surface area contributed by atoms with Crippen LogP contribution in [0.25, 0.3) is 10.9 Å². The van der Waals surface area contributed by atoms with E-state index < -0.39 is 0 Å². The highest BCUT2D eigenvalue weighted by atomic mass is 127. The van der Waals surface area contributed by atoms with Gasteiger partial charge in [0.25, 0.3) is 0 Å². The van der Waals surface area contributed by atoms with Gasteiger partial charge in [0.15, 0.2) is 5.78 Å². The fraction of sp³-hybridized carbons (Fsp3) is 0.308. The number of Topliss-reactive ketones (excluding diaryl/α,β-unsaturated/α-hetero) is 1. The van der Waals surface area contributed by atoms with Crippen LogP contribution < -0.4 is 0 Å². The number of ketones is 1. The Morgan fingerprint density at radius 3 is 2.94 bits per heavy atom. The average molecular weight is 373 g/mol. The number of rotatable bonds is 2. The number of benzene rings is 1. The molecular formula is C13H12INO2S. The van der Waals surface area contributed by atoms with Gasteiger partial charge in [-0.1, -0.05) is 0 Å². The van der Waals surface area contributed by atoms with Crippen LogP contribution in [0.4, 0.5) is 0 Å². The summed E-state index contributed by atoms with van der Waals surface area (Å²) in [5.74, 6) is 0.276. The van der Waals surface area contributed by atoms with Crippen LogP contribution in [-0.4, -0.2) is 9.76 Å². The van der Waals surface area contributed by atoms with Crippen molar-refractivity contribution >= 4 is 51.9 Å². The largest absolute Gasteiger partial charge is 0.294 e. The summed E-state index contributed by atoms with van der Waals surface area (Å²) in [4.78, 5) is 12.1. The zero-order valence-electron chi connectivity index (χ0n) is 9.69. The molecule has 1 aliphatic rings. The second-order valence-electron chi connectivity index (χ2n) is 4.48. The van der Waals surface area contributed by atoms with E-state index >= 15 is 0 Å². The summed E-state index contributed by atoms with van der Waals surface area (Å²) in [6.07, 6.45) is 5.77. The fourth-order valence-corrected chi connectivity index (χ4v) is 3.43. The SMILES string of the molecule is O=C1CCCCc2cc3ccn(SOI)c3cc21. The predicted octanol–water partition coefficient (Wildman–Crippen LogP) is 4.33. The molecule has 1 heterocycles. The smallest absolute Gasteiger partial charge is 0.163 e. The highest BCUT2D eigenvalue weighted by Crippen LogP contribution is 2.29. The number of carbonyl (C=O) groups is 1. The Morgan fingerprint density at radius 1 is 1.28 bits per heavy atom. The molecule has 3 rings (SSSR count). The van der Waals surface area contributed by atoms with Gasteiger partial charge >= 0.3 is 0 Å². The summed E-state index contributed by atoms with van der Waals surface area (Å²) >= 11 is 3.11. The van der Waals surface area contributed by atoms with Crippen molar-refractivity contribution in [3.05, 3.63) is 35.5 Å². The van der Waals surface area contributed by atoms with Crippen molar-refractivity contribution < 1.29 is 7.31 Å². The molecule has 1 aromatic heterocycles. The zero-order chi connectivity index (χ0) is 12.5. The molecule has 0 unspecified atom stereocenters. The lowest BCUT2D eigenvalue weighted by Gasteiger charge is -2.06. The standard InChI is InChI=1S/C13H12INO2S/c14-17-18-15-6-5-10-7-9-3-1-2-4-13(16)11(9)8-12(10)15/h5-8H,1-4H2. The Labute approximate surface area is 124 Å². The first-order valence-corrected chi connectivity index (χ1v) is 7.50. The zero-order valence-corrected chi connectivity index (χ0v) is 12.7. The maximum atomic E-state index is 12.1. The summed E-state index contributed by atoms with van der Waals surface area (Å²) in [6, 6.07) is 6.23. The van der Waals surface area contributed by atoms with Gasteiger partial charge in [0.2, 0.25) is 0 Å². The third kappa shape index (κ3) is 2.19. The Morgan fingerprint density at radius 2 is 2.11 bits per heavy atom. The van der Waals surface area contributed by atoms with Gasteiger partial charge in [-0.15, -0.1) is 0 Å². The molecule has 0 amide bonds. The second-order valence-corrected chi connectivity index (χ2v) is 6.22. The molecule has 18 heavy (non-hydrogen) atoms. The van der Waals surface area contributed by atoms with Gasteiger partial charge in [0.05, 0.1) is 5.52 Å². The van der Waals surface area contributed by atoms with E-state index in [1.807, 2.05) is 39.2 Å². The quantitative estimate of drug-likeness (QED) is 0.446. The number of hydrogen-bond acceptors (Lipinski definition) is 3. The number of fused-ring (bicyclic) bond motifs is 2. The normalized spacial score (nSPS) is 15.7. The molecule has 0 spiro atoms. The summed E-state index contributed by atoms with van der Waals surface area (Å²) in [6.45, 7) is 0. The summed E-state index contributed by atoms with van der Waals surface area (Å²) in [5.41, 5.74) is 3.14. The third-order valence-electron chi connectivity index (χ3n) is 3.39. The van der Waals surface area contributed by atoms with Gasteiger partial charge in [-0.25, -0.2) is 2.51 Å². The van der Waals surface area contributed by atoms with Gasteiger partial charge in [-0.05, 0) is 43.0 Å². The molecule has 0 atom stereocenters. The van der Waals surface area contributed by atoms with Crippen molar-refractivity contribution in [3.63, 3.8) is 0 Å². The van der Waals surface area contributed by atoms with Gasteiger partial charge in [-0.3, -0.25) is 8.77 Å². The van der Waals surface area contributed by atoms with E-state index in [4.69, 9.17) is 2.51 Å². The number of nitrogens with zero attached hydrogens (tertiary/aromatic N) is 1. The number of hydrogen-bond donors (Lipinski definition) is 0. The van der Waals surface area contributed by atoms with Crippen LogP contribution in [0.3, 0.4) is 0 Å². The van der Waals surface area contributed by atoms with Crippen LogP contribution in [0.15, 0.2) is 24.4 Å². The third-order valence-corrected chi connectivity index (χ3v) is 4.41. The topological polar surface area (TPSA) is 31.2 Å². The minimum absolute atomic E-state index is 0.276. The Hall–Kier alpha value is -0.530. The van der Waals surface area contributed by atoms with Crippen LogP contribution in [0, 0.1) is 0 Å². The van der Waals surface area contributed by atoms with Crippen molar-refractivity contribution in [2.24, 2.45) is 0 Å². The summed E-state index contributed by atoms with van der Waals surface area (Å²) in [5, 5.41) is 1.17. The van der Waals surface area contributed by atoms with Crippen LogP contribution in [0.2, 0.25) is 0 Å². The molecule has 0 radical (unpaired) electrons. The van der Waals surface area contributed by atoms with Crippen molar-refractivity contribution in [2.75, 3.05) is 0 Å². The summed E-state index contributed by atoms with van der Waals surface area (Å²) < 4.78 is 7.00. The van der Waals surface area contributed by atoms with Crippen molar-refractivity contribution in [1.29, 1.82) is 0 Å². The second kappa shape index (κ2) is 5.22. The number of aromatic nitrogens is 1. The Bertz CT molecular complexity index is 608. The molecule has 3 nitrogen and oxygen atoms in total. The lowest BCUT2D eigenvalue weighted by molar-refractivity contribution is 0.0982. The number of carbonyl (C=O) groups excluding carboxylic acids is 1. The van der Waals surface area contributed by atoms with Crippen molar-refractivity contribution in [3.8, 4) is 0 Å². The molecule has 5 heteroatoms. The molecule has 0 saturated carbocycles. The Kier molecular flexibility index (Phi) is 3.63. The van der Waals surface area contributed by atoms with E-state index in [1.54, 1.807) is 0 Å². The minimum atomic E-state index is 0.276. The maximum absolute atomic E-state index is 12.1. The minimum Gasteiger partial charge on any atom is -0.294 e. The highest BCUT2D eigenvalue weighted by Gasteiger charge is 2.17. The van der Waals surface area contributed by atoms with Gasteiger partial charge in [0, 0.05) is 23.6 Å². The lowest BCUT2D eigenvalue weighted by atomic mass is 10.0. The molecule has 0 aliphatic heterocycles. The predicted molar refractivity (Wildman–Crippen MR) is 81.9 cm³/mol. The lowest BCUT2D eigenvalue weighted by Crippen LogP contribution is -2.00. The molecule has 94 valence electrons. The average Bonchev–Trinajstić information content (AvgIpc) is 2.66. The Balaban J connectivity index is 2.17. The van der Waals surface area contributed by atoms with Crippen LogP contribution >= 0.6 is 35.2 Å². The van der Waals surface area contributed by atoms with E-state index in [-0.39, 0.29) is 5.78 Å². The van der Waals surface area contributed by atoms with E-state index in [9.17, 15) is 4.79 Å². The monoisotopic (exact) mass is 373 g/mol. The molecule has 2 aromatic rings. The molecule has 0 fully saturated rings. The first-order valence-electron chi connectivity index (χ1n) is 5.92. The van der Waals surface area contributed by atoms with Crippen LogP contribution in [-0.2, 0) is 8.93 Å². The van der Waals surface area contributed by atoms with Crippen LogP contribution in [0.1, 0.15) is 35.2 Å². The van der Waals surface area contributed by atoms with E-state index in [1.165, 1.54) is 23.2 Å². The first-order chi connectivity index (χ1) is 8.79. The molecule has 0 saturated heterocycles. The van der Waals surface area contributed by atoms with Crippen molar-refractivity contribution in [1.82, 2.24) is 3.97 Å². The molecule has 0 bridgehead atoms. The van der Waals surface area contributed by atoms with Gasteiger partial charge in [-0.2, -0.15) is 0 Å². The maximum Gasteiger partial charge on any atom is 0.163 e. The highest BCUT2D eigenvalue weighted by molar-refractivity contribution is 14.1. The molecule has 1 aromatic carbocycles. The summed E-state index contributed by atoms with van der Waals surface area (Å²) in [7, 11) is 0.